The average molecular weight is 272 g/mol. The zero-order chi connectivity index (χ0) is 13.9. The fraction of sp³-hybridized carbons (Fsp3) is 0.364. The van der Waals surface area contributed by atoms with E-state index in [1.807, 2.05) is 6.92 Å². The summed E-state index contributed by atoms with van der Waals surface area (Å²) in [4.78, 5) is 11.0. The number of aryl methyl sites for hydroxylation is 1. The van der Waals surface area contributed by atoms with Gasteiger partial charge in [0.1, 0.15) is 12.3 Å². The number of methoxy groups -OCH3 is 1. The molecule has 0 unspecified atom stereocenters. The summed E-state index contributed by atoms with van der Waals surface area (Å²) in [5, 5.41) is 0. The molecule has 18 heavy (non-hydrogen) atoms. The molecule has 0 atom stereocenters. The van der Waals surface area contributed by atoms with E-state index >= 15 is 0 Å². The number of ether oxygens (including phenoxy) is 1. The van der Waals surface area contributed by atoms with E-state index in [-0.39, 0.29) is 0 Å². The Hall–Kier alpha value is -1.76. The van der Waals surface area contributed by atoms with Crippen molar-refractivity contribution >= 4 is 21.6 Å². The zero-order valence-corrected chi connectivity index (χ0v) is 11.3. The van der Waals surface area contributed by atoms with E-state index in [4.69, 9.17) is 10.5 Å². The Bertz CT molecular complexity index is 554. The number of hydrogen-bond donors (Lipinski definition) is 1. The van der Waals surface area contributed by atoms with Gasteiger partial charge >= 0.3 is 0 Å². The lowest BCUT2D eigenvalue weighted by atomic mass is 10.2. The van der Waals surface area contributed by atoms with Gasteiger partial charge in [0.05, 0.1) is 19.1 Å². The minimum atomic E-state index is -3.61. The van der Waals surface area contributed by atoms with Crippen LogP contribution in [0.25, 0.3) is 0 Å². The average Bonchev–Trinajstić information content (AvgIpc) is 2.24. The van der Waals surface area contributed by atoms with Crippen molar-refractivity contribution in [3.8, 4) is 5.75 Å². The lowest BCUT2D eigenvalue weighted by Crippen LogP contribution is -2.38. The first-order valence-electron chi connectivity index (χ1n) is 5.16. The van der Waals surface area contributed by atoms with E-state index in [1.54, 1.807) is 18.2 Å². The summed E-state index contributed by atoms with van der Waals surface area (Å²) in [6, 6.07) is 5.06. The first kappa shape index (κ1) is 14.3. The number of benzene rings is 1. The van der Waals surface area contributed by atoms with Gasteiger partial charge in [0, 0.05) is 0 Å². The fourth-order valence-electron chi connectivity index (χ4n) is 1.52. The summed E-state index contributed by atoms with van der Waals surface area (Å²) in [6.07, 6.45) is 1.01. The predicted octanol–water partition coefficient (Wildman–Crippen LogP) is 0.255. The number of primary amides is 1. The van der Waals surface area contributed by atoms with Crippen molar-refractivity contribution in [1.29, 1.82) is 0 Å². The second-order valence-electron chi connectivity index (χ2n) is 3.91. The number of rotatable bonds is 5. The Morgan fingerprint density at radius 2 is 2.06 bits per heavy atom. The Kier molecular flexibility index (Phi) is 4.18. The summed E-state index contributed by atoms with van der Waals surface area (Å²) < 4.78 is 29.5. The summed E-state index contributed by atoms with van der Waals surface area (Å²) in [7, 11) is -2.18. The van der Waals surface area contributed by atoms with Crippen LogP contribution in [0.5, 0.6) is 5.75 Å². The van der Waals surface area contributed by atoms with E-state index in [1.165, 1.54) is 7.11 Å². The van der Waals surface area contributed by atoms with Crippen LogP contribution in [0.4, 0.5) is 5.69 Å². The molecule has 100 valence electrons. The fourth-order valence-corrected chi connectivity index (χ4v) is 2.38. The van der Waals surface area contributed by atoms with Crippen molar-refractivity contribution in [1.82, 2.24) is 0 Å². The van der Waals surface area contributed by atoms with Gasteiger partial charge in [-0.1, -0.05) is 6.07 Å². The molecule has 1 amide bonds. The van der Waals surface area contributed by atoms with Gasteiger partial charge in [0.25, 0.3) is 0 Å². The molecule has 6 nitrogen and oxygen atoms in total. The molecular formula is C11H16N2O4S. The zero-order valence-electron chi connectivity index (χ0n) is 10.5. The smallest absolute Gasteiger partial charge is 0.238 e. The van der Waals surface area contributed by atoms with Crippen LogP contribution in [0.3, 0.4) is 0 Å². The summed E-state index contributed by atoms with van der Waals surface area (Å²) in [5.41, 5.74) is 6.23. The number of anilines is 1. The lowest BCUT2D eigenvalue weighted by molar-refractivity contribution is -0.116. The standard InChI is InChI=1S/C11H16N2O4S/c1-8-4-5-10(17-2)9(6-8)13(7-11(12)14)18(3,15)16/h4-6H,7H2,1-3H3,(H2,12,14). The minimum Gasteiger partial charge on any atom is -0.495 e. The topological polar surface area (TPSA) is 89.7 Å². The molecule has 0 spiro atoms. The highest BCUT2D eigenvalue weighted by atomic mass is 32.2. The van der Waals surface area contributed by atoms with Crippen molar-refractivity contribution in [2.24, 2.45) is 5.73 Å². The Balaban J connectivity index is 3.37. The molecule has 0 aliphatic carbocycles. The number of carbonyl (C=O) groups is 1. The molecule has 0 aliphatic heterocycles. The molecule has 0 saturated heterocycles. The van der Waals surface area contributed by atoms with Crippen LogP contribution in [-0.2, 0) is 14.8 Å². The van der Waals surface area contributed by atoms with Crippen LogP contribution in [0.1, 0.15) is 5.56 Å². The van der Waals surface area contributed by atoms with Crippen molar-refractivity contribution in [2.45, 2.75) is 6.92 Å². The maximum absolute atomic E-state index is 11.7. The van der Waals surface area contributed by atoms with E-state index < -0.39 is 22.5 Å². The van der Waals surface area contributed by atoms with E-state index in [2.05, 4.69) is 0 Å². The number of carbonyl (C=O) groups excluding carboxylic acids is 1. The quantitative estimate of drug-likeness (QED) is 0.832. The largest absolute Gasteiger partial charge is 0.495 e. The minimum absolute atomic E-state index is 0.304. The number of nitrogens with zero attached hydrogens (tertiary/aromatic N) is 1. The molecule has 1 rings (SSSR count). The molecule has 0 radical (unpaired) electrons. The molecule has 2 N–H and O–H groups in total. The third-order valence-corrected chi connectivity index (χ3v) is 3.43. The molecule has 0 fully saturated rings. The third-order valence-electron chi connectivity index (χ3n) is 2.30. The summed E-state index contributed by atoms with van der Waals surface area (Å²) in [6.45, 7) is 1.40. The van der Waals surface area contributed by atoms with Crippen molar-refractivity contribution in [2.75, 3.05) is 24.2 Å². The van der Waals surface area contributed by atoms with Crippen LogP contribution in [-0.4, -0.2) is 34.2 Å². The second kappa shape index (κ2) is 5.26. The normalized spacial score (nSPS) is 11.1. The van der Waals surface area contributed by atoms with E-state index in [0.717, 1.165) is 16.1 Å². The molecule has 0 aromatic heterocycles. The Labute approximate surface area is 106 Å². The predicted molar refractivity (Wildman–Crippen MR) is 69.1 cm³/mol. The molecule has 0 aliphatic rings. The first-order valence-corrected chi connectivity index (χ1v) is 7.01. The van der Waals surface area contributed by atoms with Crippen LogP contribution in [0.15, 0.2) is 18.2 Å². The number of nitrogens with two attached hydrogens (primary N) is 1. The molecule has 1 aromatic carbocycles. The molecule has 0 saturated carbocycles. The van der Waals surface area contributed by atoms with Crippen molar-refractivity contribution in [3.05, 3.63) is 23.8 Å². The van der Waals surface area contributed by atoms with Gasteiger partial charge in [-0.3, -0.25) is 9.10 Å². The number of hydrogen-bond acceptors (Lipinski definition) is 4. The monoisotopic (exact) mass is 272 g/mol. The van der Waals surface area contributed by atoms with Gasteiger partial charge in [0.15, 0.2) is 0 Å². The van der Waals surface area contributed by atoms with Crippen LogP contribution < -0.4 is 14.8 Å². The Morgan fingerprint density at radius 1 is 1.44 bits per heavy atom. The van der Waals surface area contributed by atoms with Crippen LogP contribution >= 0.6 is 0 Å². The molecule has 1 aromatic rings. The maximum Gasteiger partial charge on any atom is 0.238 e. The summed E-state index contributed by atoms with van der Waals surface area (Å²) >= 11 is 0. The third kappa shape index (κ3) is 3.36. The van der Waals surface area contributed by atoms with Gasteiger partial charge in [-0.25, -0.2) is 8.42 Å². The number of sulfonamides is 1. The molecule has 0 heterocycles. The maximum atomic E-state index is 11.7. The highest BCUT2D eigenvalue weighted by molar-refractivity contribution is 7.92. The van der Waals surface area contributed by atoms with Crippen LogP contribution in [0, 0.1) is 6.92 Å². The molecular weight excluding hydrogens is 256 g/mol. The highest BCUT2D eigenvalue weighted by Gasteiger charge is 2.22. The number of amides is 1. The highest BCUT2D eigenvalue weighted by Crippen LogP contribution is 2.30. The Morgan fingerprint density at radius 3 is 2.50 bits per heavy atom. The van der Waals surface area contributed by atoms with E-state index in [9.17, 15) is 13.2 Å². The van der Waals surface area contributed by atoms with Crippen molar-refractivity contribution < 1.29 is 17.9 Å². The van der Waals surface area contributed by atoms with Gasteiger partial charge < -0.3 is 10.5 Å². The molecule has 7 heteroatoms. The van der Waals surface area contributed by atoms with E-state index in [0.29, 0.717) is 11.4 Å². The SMILES string of the molecule is COc1ccc(C)cc1N(CC(N)=O)S(C)(=O)=O. The second-order valence-corrected chi connectivity index (χ2v) is 5.82. The van der Waals surface area contributed by atoms with Gasteiger partial charge in [-0.05, 0) is 24.6 Å². The van der Waals surface area contributed by atoms with Gasteiger partial charge in [-0.15, -0.1) is 0 Å². The molecule has 0 bridgehead atoms. The van der Waals surface area contributed by atoms with Crippen LogP contribution in [0.2, 0.25) is 0 Å². The first-order chi connectivity index (χ1) is 8.25. The lowest BCUT2D eigenvalue weighted by Gasteiger charge is -2.23. The summed E-state index contributed by atoms with van der Waals surface area (Å²) in [5.74, 6) is -0.365. The van der Waals surface area contributed by atoms with Crippen molar-refractivity contribution in [3.63, 3.8) is 0 Å². The van der Waals surface area contributed by atoms with Gasteiger partial charge in [0.2, 0.25) is 15.9 Å². The van der Waals surface area contributed by atoms with Gasteiger partial charge in [-0.2, -0.15) is 0 Å².